The van der Waals surface area contributed by atoms with Gasteiger partial charge in [0.25, 0.3) is 0 Å². The molecule has 1 aliphatic rings. The highest BCUT2D eigenvalue weighted by atomic mass is 32.1. The van der Waals surface area contributed by atoms with E-state index in [2.05, 4.69) is 51.8 Å². The van der Waals surface area contributed by atoms with Crippen molar-refractivity contribution in [3.63, 3.8) is 0 Å². The lowest BCUT2D eigenvalue weighted by Gasteiger charge is -2.26. The first-order valence-electron chi connectivity index (χ1n) is 10.4. The summed E-state index contributed by atoms with van der Waals surface area (Å²) >= 11 is 8.07. The number of likely N-dealkylation sites (N-methyl/N-ethyl adjacent to an activating group) is 1. The molecule has 0 radical (unpaired) electrons. The molecule has 0 spiro atoms. The highest BCUT2D eigenvalue weighted by Gasteiger charge is 2.35. The Morgan fingerprint density at radius 3 is 2.09 bits per heavy atom. The molecule has 14 heteroatoms. The number of carbonyl (C=O) groups excluding carboxylic acids is 6. The molecule has 1 rings (SSSR count). The molecule has 12 nitrogen and oxygen atoms in total. The van der Waals surface area contributed by atoms with Crippen LogP contribution in [-0.2, 0) is 28.8 Å². The summed E-state index contributed by atoms with van der Waals surface area (Å²) in [6, 6.07) is -3.45. The van der Waals surface area contributed by atoms with Crippen molar-refractivity contribution in [1.29, 1.82) is 0 Å². The summed E-state index contributed by atoms with van der Waals surface area (Å²) in [5, 5.41) is 12.3. The van der Waals surface area contributed by atoms with Crippen molar-refractivity contribution in [2.24, 2.45) is 0 Å². The second-order valence-corrected chi connectivity index (χ2v) is 8.22. The zero-order valence-electron chi connectivity index (χ0n) is 18.8. The number of thiol groups is 2. The summed E-state index contributed by atoms with van der Waals surface area (Å²) in [6.45, 7) is 2.67. The molecule has 33 heavy (non-hydrogen) atoms. The number of hydrogen-bond acceptors (Lipinski definition) is 8. The molecule has 0 saturated carbocycles. The second-order valence-electron chi connectivity index (χ2n) is 7.49. The Kier molecular flexibility index (Phi) is 12.1. The van der Waals surface area contributed by atoms with E-state index in [0.29, 0.717) is 19.4 Å². The summed E-state index contributed by atoms with van der Waals surface area (Å²) in [7, 11) is 1.45. The van der Waals surface area contributed by atoms with Gasteiger partial charge in [0, 0.05) is 32.0 Å². The van der Waals surface area contributed by atoms with E-state index in [1.54, 1.807) is 0 Å². The van der Waals surface area contributed by atoms with Gasteiger partial charge in [-0.25, -0.2) is 0 Å². The van der Waals surface area contributed by atoms with Gasteiger partial charge in [-0.1, -0.05) is 0 Å². The Balaban J connectivity index is 2.61. The normalized spacial score (nSPS) is 17.8. The molecule has 0 unspecified atom stereocenters. The first-order valence-corrected chi connectivity index (χ1v) is 11.7. The van der Waals surface area contributed by atoms with Crippen LogP contribution in [0.25, 0.3) is 0 Å². The fourth-order valence-electron chi connectivity index (χ4n) is 3.21. The lowest BCUT2D eigenvalue weighted by Crippen LogP contribution is -2.55. The fourth-order valence-corrected chi connectivity index (χ4v) is 3.72. The standard InChI is InChI=1S/C19H32N6O6S2/c1-10(22-18(30)13(9-33)23-11(2)26)16(28)21-7-15(27)25-6-4-5-14(25)19(31)24-12(8-32)17(29)20-3/h10,12-14,32-33H,4-9H2,1-3H3,(H,20,29)(H,21,28)(H,22,30)(H,23,26)(H,24,31)/t10-,12+,13+,14+/m1/s1. The van der Waals surface area contributed by atoms with Crippen LogP contribution in [0, 0.1) is 0 Å². The van der Waals surface area contributed by atoms with Gasteiger partial charge >= 0.3 is 0 Å². The molecule has 5 N–H and O–H groups in total. The van der Waals surface area contributed by atoms with Crippen LogP contribution in [0.4, 0.5) is 0 Å². The molecule has 186 valence electrons. The van der Waals surface area contributed by atoms with Gasteiger partial charge in [0.2, 0.25) is 35.4 Å². The zero-order valence-corrected chi connectivity index (χ0v) is 20.6. The molecule has 1 saturated heterocycles. The van der Waals surface area contributed by atoms with Crippen molar-refractivity contribution >= 4 is 60.7 Å². The third-order valence-corrected chi connectivity index (χ3v) is 5.71. The van der Waals surface area contributed by atoms with E-state index in [9.17, 15) is 28.8 Å². The largest absolute Gasteiger partial charge is 0.357 e. The van der Waals surface area contributed by atoms with Crippen LogP contribution in [0.3, 0.4) is 0 Å². The molecule has 0 aromatic rings. The van der Waals surface area contributed by atoms with Crippen molar-refractivity contribution in [1.82, 2.24) is 31.5 Å². The number of carbonyl (C=O) groups is 6. The molecule has 0 aromatic carbocycles. The molecule has 1 aliphatic heterocycles. The van der Waals surface area contributed by atoms with E-state index in [4.69, 9.17) is 0 Å². The van der Waals surface area contributed by atoms with Crippen molar-refractivity contribution in [3.8, 4) is 0 Å². The Morgan fingerprint density at radius 1 is 0.939 bits per heavy atom. The number of nitrogens with zero attached hydrogens (tertiary/aromatic N) is 1. The first kappa shape index (κ1) is 28.6. The number of nitrogens with one attached hydrogen (secondary N) is 5. The summed E-state index contributed by atoms with van der Waals surface area (Å²) in [5.74, 6) is -2.78. The maximum Gasteiger partial charge on any atom is 0.244 e. The monoisotopic (exact) mass is 504 g/mol. The van der Waals surface area contributed by atoms with E-state index in [1.165, 1.54) is 25.8 Å². The first-order chi connectivity index (χ1) is 15.5. The fraction of sp³-hybridized carbons (Fsp3) is 0.684. The number of likely N-dealkylation sites (tertiary alicyclic amines) is 1. The van der Waals surface area contributed by atoms with Crippen LogP contribution in [-0.4, -0.2) is 96.2 Å². The van der Waals surface area contributed by atoms with Gasteiger partial charge in [0.1, 0.15) is 24.2 Å². The Labute approximate surface area is 203 Å². The second kappa shape index (κ2) is 13.9. The van der Waals surface area contributed by atoms with E-state index in [-0.39, 0.29) is 18.1 Å². The Hall–Kier alpha value is -2.48. The van der Waals surface area contributed by atoms with Gasteiger partial charge in [-0.3, -0.25) is 28.8 Å². The van der Waals surface area contributed by atoms with Crippen LogP contribution in [0.1, 0.15) is 26.7 Å². The minimum atomic E-state index is -0.970. The van der Waals surface area contributed by atoms with Gasteiger partial charge in [0.15, 0.2) is 0 Å². The Morgan fingerprint density at radius 2 is 1.55 bits per heavy atom. The van der Waals surface area contributed by atoms with Gasteiger partial charge in [-0.2, -0.15) is 25.3 Å². The van der Waals surface area contributed by atoms with Crippen molar-refractivity contribution in [2.75, 3.05) is 31.6 Å². The smallest absolute Gasteiger partial charge is 0.244 e. The number of hydrogen-bond donors (Lipinski definition) is 7. The predicted molar refractivity (Wildman–Crippen MR) is 127 cm³/mol. The number of rotatable bonds is 11. The third-order valence-electron chi connectivity index (χ3n) is 4.98. The summed E-state index contributed by atoms with van der Waals surface area (Å²) in [5.41, 5.74) is 0. The van der Waals surface area contributed by atoms with Crippen molar-refractivity contribution in [3.05, 3.63) is 0 Å². The zero-order chi connectivity index (χ0) is 25.1. The van der Waals surface area contributed by atoms with Crippen LogP contribution in [0.2, 0.25) is 0 Å². The SMILES string of the molecule is CNC(=O)[C@H](CS)NC(=O)[C@@H]1CCCN1C(=O)CNC(=O)[C@@H](C)NC(=O)[C@H](CS)NC(C)=O. The minimum Gasteiger partial charge on any atom is -0.357 e. The van der Waals surface area contributed by atoms with Crippen molar-refractivity contribution in [2.45, 2.75) is 50.9 Å². The third kappa shape index (κ3) is 8.76. The van der Waals surface area contributed by atoms with Gasteiger partial charge < -0.3 is 31.5 Å². The summed E-state index contributed by atoms with van der Waals surface area (Å²) in [4.78, 5) is 74.0. The molecule has 1 heterocycles. The lowest BCUT2D eigenvalue weighted by atomic mass is 10.2. The topological polar surface area (TPSA) is 166 Å². The van der Waals surface area contributed by atoms with E-state index >= 15 is 0 Å². The highest BCUT2D eigenvalue weighted by Crippen LogP contribution is 2.17. The minimum absolute atomic E-state index is 0.0463. The molecule has 0 aromatic heterocycles. The maximum atomic E-state index is 12.6. The lowest BCUT2D eigenvalue weighted by molar-refractivity contribution is -0.139. The molecular formula is C19H32N6O6S2. The van der Waals surface area contributed by atoms with E-state index < -0.39 is 59.6 Å². The summed E-state index contributed by atoms with van der Waals surface area (Å²) < 4.78 is 0. The molecule has 4 atom stereocenters. The molecule has 0 bridgehead atoms. The highest BCUT2D eigenvalue weighted by molar-refractivity contribution is 7.80. The van der Waals surface area contributed by atoms with Crippen molar-refractivity contribution < 1.29 is 28.8 Å². The summed E-state index contributed by atoms with van der Waals surface area (Å²) in [6.07, 6.45) is 1.03. The van der Waals surface area contributed by atoms with Gasteiger partial charge in [-0.15, -0.1) is 0 Å². The van der Waals surface area contributed by atoms with Crippen LogP contribution in [0.15, 0.2) is 0 Å². The molecule has 1 fully saturated rings. The maximum absolute atomic E-state index is 12.6. The van der Waals surface area contributed by atoms with Gasteiger partial charge in [0.05, 0.1) is 6.54 Å². The van der Waals surface area contributed by atoms with Crippen LogP contribution < -0.4 is 26.6 Å². The molecule has 0 aliphatic carbocycles. The quantitative estimate of drug-likeness (QED) is 0.150. The molecule has 6 amide bonds. The van der Waals surface area contributed by atoms with Gasteiger partial charge in [-0.05, 0) is 19.8 Å². The van der Waals surface area contributed by atoms with Crippen LogP contribution in [0.5, 0.6) is 0 Å². The number of amides is 6. The Bertz CT molecular complexity index is 767. The average Bonchev–Trinajstić information content (AvgIpc) is 3.28. The average molecular weight is 505 g/mol. The van der Waals surface area contributed by atoms with Crippen LogP contribution >= 0.6 is 25.3 Å². The van der Waals surface area contributed by atoms with E-state index in [1.807, 2.05) is 0 Å². The molecular weight excluding hydrogens is 472 g/mol. The van der Waals surface area contributed by atoms with E-state index in [0.717, 1.165) is 0 Å². The predicted octanol–water partition coefficient (Wildman–Crippen LogP) is -2.81.